The topological polar surface area (TPSA) is 66.9 Å². The van der Waals surface area contributed by atoms with Crippen LogP contribution in [-0.4, -0.2) is 5.91 Å². The number of primary amides is 1. The fourth-order valence-electron chi connectivity index (χ4n) is 2.40. The number of rotatable bonds is 2. The third-order valence-corrected chi connectivity index (χ3v) is 3.63. The van der Waals surface area contributed by atoms with Gasteiger partial charge in [0, 0.05) is 5.02 Å². The van der Waals surface area contributed by atoms with Gasteiger partial charge in [-0.15, -0.1) is 0 Å². The molecule has 4 heteroatoms. The average Bonchev–Trinajstić information content (AvgIpc) is 2.43. The number of nitriles is 1. The molecule has 1 amide bonds. The first-order chi connectivity index (χ1) is 9.61. The molecule has 0 radical (unpaired) electrons. The number of carbonyl (C=O) groups is 1. The Morgan fingerprint density at radius 3 is 2.50 bits per heavy atom. The number of halogens is 1. The highest BCUT2D eigenvalue weighted by Crippen LogP contribution is 2.32. The molecule has 1 aliphatic carbocycles. The Balaban J connectivity index is 2.44. The summed E-state index contributed by atoms with van der Waals surface area (Å²) in [6.07, 6.45) is 5.62. The van der Waals surface area contributed by atoms with Crippen molar-refractivity contribution in [2.24, 2.45) is 5.73 Å². The molecular weight excluding hydrogens is 272 g/mol. The van der Waals surface area contributed by atoms with Crippen molar-refractivity contribution in [1.82, 2.24) is 0 Å². The third-order valence-electron chi connectivity index (χ3n) is 3.38. The van der Waals surface area contributed by atoms with Crippen LogP contribution in [0.4, 0.5) is 0 Å². The van der Waals surface area contributed by atoms with E-state index in [1.165, 1.54) is 0 Å². The first kappa shape index (κ1) is 14.4. The van der Waals surface area contributed by atoms with Crippen molar-refractivity contribution in [3.05, 3.63) is 51.6 Å². The van der Waals surface area contributed by atoms with Gasteiger partial charge in [0.05, 0.1) is 0 Å². The van der Waals surface area contributed by atoms with Crippen LogP contribution in [-0.2, 0) is 4.79 Å². The molecule has 1 saturated carbocycles. The molecule has 2 N–H and O–H groups in total. The molecule has 0 bridgehead atoms. The number of nitrogens with two attached hydrogens (primary N) is 1. The molecule has 0 spiro atoms. The van der Waals surface area contributed by atoms with E-state index in [1.807, 2.05) is 36.4 Å². The molecule has 1 aromatic rings. The Kier molecular flexibility index (Phi) is 4.60. The van der Waals surface area contributed by atoms with E-state index in [0.29, 0.717) is 5.02 Å². The fourth-order valence-corrected chi connectivity index (χ4v) is 2.53. The smallest absolute Gasteiger partial charge is 0.259 e. The van der Waals surface area contributed by atoms with Gasteiger partial charge in [-0.05, 0) is 54.5 Å². The van der Waals surface area contributed by atoms with Crippen molar-refractivity contribution in [3.63, 3.8) is 0 Å². The maximum absolute atomic E-state index is 11.4. The van der Waals surface area contributed by atoms with Gasteiger partial charge in [0.15, 0.2) is 0 Å². The van der Waals surface area contributed by atoms with E-state index in [0.717, 1.165) is 42.4 Å². The quantitative estimate of drug-likeness (QED) is 0.667. The molecule has 102 valence electrons. The number of benzene rings is 1. The zero-order valence-electron chi connectivity index (χ0n) is 11.0. The second-order valence-corrected chi connectivity index (χ2v) is 5.19. The first-order valence-corrected chi connectivity index (χ1v) is 6.89. The molecule has 0 atom stereocenters. The van der Waals surface area contributed by atoms with Crippen molar-refractivity contribution in [1.29, 1.82) is 5.26 Å². The highest BCUT2D eigenvalue weighted by Gasteiger charge is 2.19. The fraction of sp³-hybridized carbons (Fsp3) is 0.250. The summed E-state index contributed by atoms with van der Waals surface area (Å²) in [5, 5.41) is 9.80. The van der Waals surface area contributed by atoms with Crippen molar-refractivity contribution in [3.8, 4) is 6.07 Å². The summed E-state index contributed by atoms with van der Waals surface area (Å²) in [6, 6.07) is 9.41. The van der Waals surface area contributed by atoms with Crippen LogP contribution in [0.5, 0.6) is 0 Å². The lowest BCUT2D eigenvalue weighted by atomic mass is 9.85. The zero-order chi connectivity index (χ0) is 14.5. The highest BCUT2D eigenvalue weighted by atomic mass is 35.5. The van der Waals surface area contributed by atoms with Crippen LogP contribution >= 0.6 is 11.6 Å². The Morgan fingerprint density at radius 2 is 1.90 bits per heavy atom. The van der Waals surface area contributed by atoms with Gasteiger partial charge < -0.3 is 5.73 Å². The van der Waals surface area contributed by atoms with E-state index < -0.39 is 5.91 Å². The Morgan fingerprint density at radius 1 is 1.25 bits per heavy atom. The molecule has 1 fully saturated rings. The van der Waals surface area contributed by atoms with Crippen LogP contribution in [0.15, 0.2) is 41.0 Å². The minimum atomic E-state index is -0.647. The number of carbonyl (C=O) groups excluding carboxylic acids is 1. The van der Waals surface area contributed by atoms with E-state index in [2.05, 4.69) is 0 Å². The molecule has 1 aromatic carbocycles. The molecule has 0 saturated heterocycles. The van der Waals surface area contributed by atoms with Gasteiger partial charge in [0.25, 0.3) is 5.91 Å². The SMILES string of the molecule is N#C/C(C(N)=O)=C1\CCCC\C1=C/c1ccc(Cl)cc1. The first-order valence-electron chi connectivity index (χ1n) is 6.51. The minimum absolute atomic E-state index is 0.0879. The third kappa shape index (κ3) is 3.28. The largest absolute Gasteiger partial charge is 0.365 e. The molecule has 2 rings (SSSR count). The minimum Gasteiger partial charge on any atom is -0.365 e. The van der Waals surface area contributed by atoms with Gasteiger partial charge in [-0.1, -0.05) is 29.8 Å². The van der Waals surface area contributed by atoms with Gasteiger partial charge in [0.1, 0.15) is 11.6 Å². The van der Waals surface area contributed by atoms with Crippen LogP contribution in [0.3, 0.4) is 0 Å². The van der Waals surface area contributed by atoms with Crippen molar-refractivity contribution >= 4 is 23.6 Å². The van der Waals surface area contributed by atoms with Gasteiger partial charge in [-0.2, -0.15) is 5.26 Å². The number of hydrogen-bond donors (Lipinski definition) is 1. The van der Waals surface area contributed by atoms with Gasteiger partial charge in [-0.25, -0.2) is 0 Å². The highest BCUT2D eigenvalue weighted by molar-refractivity contribution is 6.30. The number of amides is 1. The van der Waals surface area contributed by atoms with Crippen LogP contribution in [0, 0.1) is 11.3 Å². The van der Waals surface area contributed by atoms with Gasteiger partial charge >= 0.3 is 0 Å². The number of nitrogens with zero attached hydrogens (tertiary/aromatic N) is 1. The molecule has 0 aromatic heterocycles. The molecule has 3 nitrogen and oxygen atoms in total. The van der Waals surface area contributed by atoms with Crippen molar-refractivity contribution in [2.75, 3.05) is 0 Å². The van der Waals surface area contributed by atoms with Gasteiger partial charge in [-0.3, -0.25) is 4.79 Å². The van der Waals surface area contributed by atoms with E-state index in [-0.39, 0.29) is 5.57 Å². The Hall–Kier alpha value is -2.05. The molecule has 0 unspecified atom stereocenters. The summed E-state index contributed by atoms with van der Waals surface area (Å²) >= 11 is 5.86. The Labute approximate surface area is 123 Å². The summed E-state index contributed by atoms with van der Waals surface area (Å²) in [7, 11) is 0. The lowest BCUT2D eigenvalue weighted by Crippen LogP contribution is -2.16. The maximum Gasteiger partial charge on any atom is 0.259 e. The Bertz CT molecular complexity index is 621. The van der Waals surface area contributed by atoms with Crippen LogP contribution in [0.25, 0.3) is 6.08 Å². The summed E-state index contributed by atoms with van der Waals surface area (Å²) < 4.78 is 0. The summed E-state index contributed by atoms with van der Waals surface area (Å²) in [4.78, 5) is 11.4. The summed E-state index contributed by atoms with van der Waals surface area (Å²) in [5.74, 6) is -0.647. The lowest BCUT2D eigenvalue weighted by molar-refractivity contribution is -0.114. The molecule has 0 heterocycles. The van der Waals surface area contributed by atoms with E-state index >= 15 is 0 Å². The monoisotopic (exact) mass is 286 g/mol. The second kappa shape index (κ2) is 6.40. The van der Waals surface area contributed by atoms with E-state index in [9.17, 15) is 4.79 Å². The average molecular weight is 287 g/mol. The predicted molar refractivity (Wildman–Crippen MR) is 79.7 cm³/mol. The lowest BCUT2D eigenvalue weighted by Gasteiger charge is -2.19. The van der Waals surface area contributed by atoms with E-state index in [4.69, 9.17) is 22.6 Å². The van der Waals surface area contributed by atoms with Crippen LogP contribution in [0.1, 0.15) is 31.2 Å². The predicted octanol–water partition coefficient (Wildman–Crippen LogP) is 3.60. The number of hydrogen-bond acceptors (Lipinski definition) is 2. The standard InChI is InChI=1S/C16H15ClN2O/c17-13-7-5-11(6-8-13)9-12-3-1-2-4-14(12)15(10-18)16(19)20/h5-9H,1-4H2,(H2,19,20)/b12-9+,15-14-. The van der Waals surface area contributed by atoms with E-state index in [1.54, 1.807) is 0 Å². The summed E-state index contributed by atoms with van der Waals surface area (Å²) in [6.45, 7) is 0. The van der Waals surface area contributed by atoms with Crippen LogP contribution in [0.2, 0.25) is 5.02 Å². The van der Waals surface area contributed by atoms with Gasteiger partial charge in [0.2, 0.25) is 0 Å². The zero-order valence-corrected chi connectivity index (χ0v) is 11.8. The van der Waals surface area contributed by atoms with Crippen molar-refractivity contribution < 1.29 is 4.79 Å². The van der Waals surface area contributed by atoms with Crippen LogP contribution < -0.4 is 5.73 Å². The second-order valence-electron chi connectivity index (χ2n) is 4.76. The van der Waals surface area contributed by atoms with Crippen molar-refractivity contribution in [2.45, 2.75) is 25.7 Å². The summed E-state index contributed by atoms with van der Waals surface area (Å²) in [5.41, 5.74) is 8.20. The molecule has 20 heavy (non-hydrogen) atoms. The normalized spacial score (nSPS) is 19.5. The molecular formula is C16H15ClN2O. The molecule has 0 aliphatic heterocycles. The molecule has 1 aliphatic rings. The maximum atomic E-state index is 11.4. The number of allylic oxidation sites excluding steroid dienone is 2.